The van der Waals surface area contributed by atoms with Crippen molar-refractivity contribution in [2.24, 2.45) is 0 Å². The maximum atomic E-state index is 2.41. The Morgan fingerprint density at radius 1 is 0.279 bits per heavy atom. The van der Waals surface area contributed by atoms with Crippen molar-refractivity contribution in [3.63, 3.8) is 0 Å². The van der Waals surface area contributed by atoms with Crippen molar-refractivity contribution in [2.75, 3.05) is 0 Å². The molecule has 0 saturated heterocycles. The van der Waals surface area contributed by atoms with Crippen LogP contribution >= 0.6 is 0 Å². The molecule has 0 fully saturated rings. The first-order valence-electron chi connectivity index (χ1n) is 19.9. The van der Waals surface area contributed by atoms with Gasteiger partial charge in [-0.25, -0.2) is 0 Å². The van der Waals surface area contributed by atoms with Crippen LogP contribution in [0.25, 0.3) is 0 Å². The Bertz CT molecular complexity index is 583. The summed E-state index contributed by atoms with van der Waals surface area (Å²) in [5.74, 6) is 0. The second-order valence-corrected chi connectivity index (χ2v) is 13.9. The molecule has 0 amide bonds. The fourth-order valence-electron chi connectivity index (χ4n) is 6.77. The molecule has 1 rings (SSSR count). The van der Waals surface area contributed by atoms with Crippen molar-refractivity contribution in [3.8, 4) is 0 Å². The van der Waals surface area contributed by atoms with E-state index < -0.39 is 0 Å². The first kappa shape index (κ1) is 43.5. The summed E-state index contributed by atoms with van der Waals surface area (Å²) in [6, 6.07) is 9.35. The molecule has 0 N–H and O–H groups in total. The molecule has 0 aliphatic rings. The standard InChI is InChI=1S/C42H78.Ca/c1-3-5-7-9-11-13-15-17-19-21-23-25-27-29-31-33-37-41-39-35-36-40-42(41)38-34-32-30-28-26-24-22-20-18-16-14-12-10-8-6-4-2;/h35-36,39-40H,3-34,37-38H2,1-2H3;. The van der Waals surface area contributed by atoms with Gasteiger partial charge in [-0.2, -0.15) is 0 Å². The number of unbranched alkanes of at least 4 members (excludes halogenated alkanes) is 30. The molecular formula is C42H78Ca. The van der Waals surface area contributed by atoms with Crippen LogP contribution in [-0.2, 0) is 12.8 Å². The fourth-order valence-corrected chi connectivity index (χ4v) is 6.77. The maximum Gasteiger partial charge on any atom is 0 e. The normalized spacial score (nSPS) is 11.2. The zero-order valence-electron chi connectivity index (χ0n) is 30.1. The van der Waals surface area contributed by atoms with E-state index in [0.717, 1.165) is 0 Å². The van der Waals surface area contributed by atoms with Gasteiger partial charge in [0, 0.05) is 37.7 Å². The smallest absolute Gasteiger partial charge is 0 e. The molecule has 1 aromatic rings. The molecule has 0 bridgehead atoms. The Morgan fingerprint density at radius 2 is 0.465 bits per heavy atom. The van der Waals surface area contributed by atoms with E-state index in [1.807, 2.05) is 0 Å². The first-order valence-corrected chi connectivity index (χ1v) is 19.9. The van der Waals surface area contributed by atoms with Gasteiger partial charge in [0.2, 0.25) is 0 Å². The Kier molecular flexibility index (Phi) is 37.4. The predicted octanol–water partition coefficient (Wildman–Crippen LogP) is 14.9. The van der Waals surface area contributed by atoms with Gasteiger partial charge in [0.05, 0.1) is 0 Å². The van der Waals surface area contributed by atoms with Gasteiger partial charge in [0.15, 0.2) is 0 Å². The van der Waals surface area contributed by atoms with Crippen molar-refractivity contribution in [1.82, 2.24) is 0 Å². The minimum atomic E-state index is 0. The van der Waals surface area contributed by atoms with E-state index in [9.17, 15) is 0 Å². The Balaban J connectivity index is 0.0000176. The third kappa shape index (κ3) is 30.9. The topological polar surface area (TPSA) is 0 Å². The van der Waals surface area contributed by atoms with Gasteiger partial charge >= 0.3 is 0 Å². The quantitative estimate of drug-likeness (QED) is 0.0530. The summed E-state index contributed by atoms with van der Waals surface area (Å²) in [5.41, 5.74) is 3.28. The van der Waals surface area contributed by atoms with Crippen LogP contribution in [-0.4, -0.2) is 37.7 Å². The Morgan fingerprint density at radius 3 is 0.674 bits per heavy atom. The van der Waals surface area contributed by atoms with Crippen LogP contribution in [0.2, 0.25) is 0 Å². The molecule has 0 aliphatic carbocycles. The molecule has 0 aromatic heterocycles. The summed E-state index contributed by atoms with van der Waals surface area (Å²) in [6.07, 6.45) is 49.1. The van der Waals surface area contributed by atoms with E-state index >= 15 is 0 Å². The van der Waals surface area contributed by atoms with Crippen LogP contribution < -0.4 is 0 Å². The molecule has 0 aliphatic heterocycles. The van der Waals surface area contributed by atoms with Gasteiger partial charge in [0.25, 0.3) is 0 Å². The van der Waals surface area contributed by atoms with Crippen LogP contribution in [0.3, 0.4) is 0 Å². The van der Waals surface area contributed by atoms with E-state index in [1.165, 1.54) is 218 Å². The molecule has 0 nitrogen and oxygen atoms in total. The van der Waals surface area contributed by atoms with Crippen LogP contribution in [0.15, 0.2) is 24.3 Å². The summed E-state index contributed by atoms with van der Waals surface area (Å²) in [5, 5.41) is 0. The number of benzene rings is 1. The van der Waals surface area contributed by atoms with E-state index in [-0.39, 0.29) is 37.7 Å². The minimum absolute atomic E-state index is 0. The van der Waals surface area contributed by atoms with Gasteiger partial charge in [-0.1, -0.05) is 231 Å². The zero-order valence-corrected chi connectivity index (χ0v) is 32.3. The maximum absolute atomic E-state index is 2.41. The van der Waals surface area contributed by atoms with E-state index in [4.69, 9.17) is 0 Å². The van der Waals surface area contributed by atoms with Gasteiger partial charge in [0.1, 0.15) is 0 Å². The van der Waals surface area contributed by atoms with Crippen LogP contribution in [0.4, 0.5) is 0 Å². The summed E-state index contributed by atoms with van der Waals surface area (Å²) in [7, 11) is 0. The fraction of sp³-hybridized carbons (Fsp3) is 0.857. The second-order valence-electron chi connectivity index (χ2n) is 13.9. The third-order valence-corrected chi connectivity index (χ3v) is 9.72. The minimum Gasteiger partial charge on any atom is -0.0654 e. The monoisotopic (exact) mass is 623 g/mol. The summed E-state index contributed by atoms with van der Waals surface area (Å²) in [6.45, 7) is 4.62. The molecule has 1 aromatic carbocycles. The van der Waals surface area contributed by atoms with Gasteiger partial charge < -0.3 is 0 Å². The molecule has 0 heterocycles. The summed E-state index contributed by atoms with van der Waals surface area (Å²) >= 11 is 0. The van der Waals surface area contributed by atoms with Gasteiger partial charge in [-0.05, 0) is 36.8 Å². The predicted molar refractivity (Wildman–Crippen MR) is 199 cm³/mol. The van der Waals surface area contributed by atoms with Crippen molar-refractivity contribution in [2.45, 2.75) is 232 Å². The number of aryl methyl sites for hydroxylation is 2. The average Bonchev–Trinajstić information content (AvgIpc) is 3.01. The van der Waals surface area contributed by atoms with E-state index in [1.54, 1.807) is 11.1 Å². The molecule has 1 heteroatoms. The molecule has 0 atom stereocenters. The first-order chi connectivity index (χ1) is 20.9. The van der Waals surface area contributed by atoms with Crippen LogP contribution in [0.1, 0.15) is 230 Å². The second kappa shape index (κ2) is 36.9. The molecule has 0 saturated carbocycles. The number of hydrogen-bond donors (Lipinski definition) is 0. The molecule has 43 heavy (non-hydrogen) atoms. The molecule has 0 unspecified atom stereocenters. The van der Waals surface area contributed by atoms with Crippen molar-refractivity contribution < 1.29 is 0 Å². The average molecular weight is 623 g/mol. The van der Waals surface area contributed by atoms with Crippen molar-refractivity contribution in [3.05, 3.63) is 35.4 Å². The molecule has 248 valence electrons. The summed E-state index contributed by atoms with van der Waals surface area (Å²) < 4.78 is 0. The SMILES string of the molecule is CCCCCCCCCCCCCCCCCCc1ccccc1CCCCCCCCCCCCCCCCCC.[Ca]. The summed E-state index contributed by atoms with van der Waals surface area (Å²) in [4.78, 5) is 0. The van der Waals surface area contributed by atoms with Crippen molar-refractivity contribution >= 4 is 37.7 Å². The van der Waals surface area contributed by atoms with Gasteiger partial charge in [-0.3, -0.25) is 0 Å². The van der Waals surface area contributed by atoms with Crippen molar-refractivity contribution in [1.29, 1.82) is 0 Å². The van der Waals surface area contributed by atoms with Crippen LogP contribution in [0, 0.1) is 0 Å². The third-order valence-electron chi connectivity index (χ3n) is 9.72. The molecule has 2 radical (unpaired) electrons. The zero-order chi connectivity index (χ0) is 30.0. The van der Waals surface area contributed by atoms with Crippen LogP contribution in [0.5, 0.6) is 0 Å². The Hall–Kier alpha value is 0.480. The Labute approximate surface area is 303 Å². The number of hydrogen-bond acceptors (Lipinski definition) is 0. The van der Waals surface area contributed by atoms with Gasteiger partial charge in [-0.15, -0.1) is 0 Å². The largest absolute Gasteiger partial charge is 0.0654 e. The molecule has 0 spiro atoms. The van der Waals surface area contributed by atoms with E-state index in [0.29, 0.717) is 0 Å². The van der Waals surface area contributed by atoms with E-state index in [2.05, 4.69) is 38.1 Å². The number of rotatable bonds is 34. The molecular weight excluding hydrogens is 545 g/mol.